The first-order chi connectivity index (χ1) is 9.18. The largest absolute Gasteiger partial charge is 0.481 e. The molecular formula is C16H23NO2. The van der Waals surface area contributed by atoms with Crippen molar-refractivity contribution in [1.82, 2.24) is 5.32 Å². The van der Waals surface area contributed by atoms with Gasteiger partial charge in [0.2, 0.25) is 0 Å². The minimum absolute atomic E-state index is 0.446. The lowest BCUT2D eigenvalue weighted by Gasteiger charge is -2.18. The number of benzene rings is 1. The molecule has 1 fully saturated rings. The average Bonchev–Trinajstić information content (AvgIpc) is 2.81. The van der Waals surface area contributed by atoms with Crippen LogP contribution in [0.25, 0.3) is 0 Å². The summed E-state index contributed by atoms with van der Waals surface area (Å²) in [5, 5.41) is 12.7. The van der Waals surface area contributed by atoms with Gasteiger partial charge in [-0.2, -0.15) is 0 Å². The highest BCUT2D eigenvalue weighted by Crippen LogP contribution is 2.30. The third-order valence-corrected chi connectivity index (χ3v) is 4.29. The van der Waals surface area contributed by atoms with Gasteiger partial charge in [-0.3, -0.25) is 4.79 Å². The van der Waals surface area contributed by atoms with Gasteiger partial charge in [0.05, 0.1) is 5.92 Å². The zero-order valence-corrected chi connectivity index (χ0v) is 11.5. The topological polar surface area (TPSA) is 49.3 Å². The van der Waals surface area contributed by atoms with Gasteiger partial charge in [0.1, 0.15) is 0 Å². The minimum atomic E-state index is -0.752. The monoisotopic (exact) mass is 261 g/mol. The van der Waals surface area contributed by atoms with E-state index in [1.165, 1.54) is 19.3 Å². The summed E-state index contributed by atoms with van der Waals surface area (Å²) in [5.74, 6) is 0.286. The van der Waals surface area contributed by atoms with Gasteiger partial charge in [-0.15, -0.1) is 0 Å². The highest BCUT2D eigenvalue weighted by atomic mass is 16.4. The summed E-state index contributed by atoms with van der Waals surface area (Å²) in [5.41, 5.74) is 0.877. The Hall–Kier alpha value is -1.35. The summed E-state index contributed by atoms with van der Waals surface area (Å²) in [6, 6.07) is 9.47. The third-order valence-electron chi connectivity index (χ3n) is 4.29. The SMILES string of the molecule is CC1CCCC1CNCC(C(=O)O)c1ccccc1. The van der Waals surface area contributed by atoms with E-state index in [2.05, 4.69) is 12.2 Å². The van der Waals surface area contributed by atoms with Crippen LogP contribution in [0.4, 0.5) is 0 Å². The average molecular weight is 261 g/mol. The molecule has 3 unspecified atom stereocenters. The number of aliphatic carboxylic acids is 1. The summed E-state index contributed by atoms with van der Waals surface area (Å²) >= 11 is 0. The molecule has 19 heavy (non-hydrogen) atoms. The van der Waals surface area contributed by atoms with Crippen molar-refractivity contribution >= 4 is 5.97 Å². The fraction of sp³-hybridized carbons (Fsp3) is 0.562. The van der Waals surface area contributed by atoms with Gasteiger partial charge in [-0.1, -0.05) is 50.1 Å². The van der Waals surface area contributed by atoms with Gasteiger partial charge in [0, 0.05) is 6.54 Å². The Bertz CT molecular complexity index is 404. The first-order valence-corrected chi connectivity index (χ1v) is 7.17. The molecule has 104 valence electrons. The molecule has 3 atom stereocenters. The number of rotatable bonds is 6. The van der Waals surface area contributed by atoms with Crippen molar-refractivity contribution in [3.63, 3.8) is 0 Å². The number of carbonyl (C=O) groups is 1. The predicted molar refractivity (Wildman–Crippen MR) is 76.2 cm³/mol. The standard InChI is InChI=1S/C16H23NO2/c1-12-6-5-9-14(12)10-17-11-15(16(18)19)13-7-3-2-4-8-13/h2-4,7-8,12,14-15,17H,5-6,9-11H2,1H3,(H,18,19). The minimum Gasteiger partial charge on any atom is -0.481 e. The number of nitrogens with one attached hydrogen (secondary N) is 1. The second kappa shape index (κ2) is 6.71. The van der Waals surface area contributed by atoms with Crippen LogP contribution in [0.5, 0.6) is 0 Å². The van der Waals surface area contributed by atoms with E-state index < -0.39 is 11.9 Å². The van der Waals surface area contributed by atoms with Crippen LogP contribution in [-0.4, -0.2) is 24.2 Å². The molecule has 1 aliphatic rings. The Balaban J connectivity index is 1.86. The van der Waals surface area contributed by atoms with E-state index in [0.29, 0.717) is 12.5 Å². The van der Waals surface area contributed by atoms with Crippen LogP contribution in [0, 0.1) is 11.8 Å². The van der Waals surface area contributed by atoms with Crippen molar-refractivity contribution < 1.29 is 9.90 Å². The lowest BCUT2D eigenvalue weighted by molar-refractivity contribution is -0.138. The van der Waals surface area contributed by atoms with Crippen LogP contribution in [-0.2, 0) is 4.79 Å². The van der Waals surface area contributed by atoms with Crippen LogP contribution in [0.1, 0.15) is 37.7 Å². The van der Waals surface area contributed by atoms with Crippen molar-refractivity contribution in [1.29, 1.82) is 0 Å². The zero-order valence-electron chi connectivity index (χ0n) is 11.5. The molecule has 0 saturated heterocycles. The van der Waals surface area contributed by atoms with E-state index in [1.807, 2.05) is 30.3 Å². The molecule has 0 bridgehead atoms. The Morgan fingerprint density at radius 2 is 2.11 bits per heavy atom. The molecule has 1 aliphatic carbocycles. The van der Waals surface area contributed by atoms with Gasteiger partial charge < -0.3 is 10.4 Å². The molecule has 1 aromatic carbocycles. The first kappa shape index (κ1) is 14.1. The first-order valence-electron chi connectivity index (χ1n) is 7.17. The van der Waals surface area contributed by atoms with Crippen LogP contribution in [0.3, 0.4) is 0 Å². The quantitative estimate of drug-likeness (QED) is 0.828. The summed E-state index contributed by atoms with van der Waals surface area (Å²) in [6.07, 6.45) is 3.90. The van der Waals surface area contributed by atoms with E-state index >= 15 is 0 Å². The van der Waals surface area contributed by atoms with E-state index in [-0.39, 0.29) is 0 Å². The molecule has 0 amide bonds. The van der Waals surface area contributed by atoms with Gasteiger partial charge in [0.25, 0.3) is 0 Å². The number of carboxylic acid groups (broad SMARTS) is 1. The molecule has 0 radical (unpaired) electrons. The van der Waals surface area contributed by atoms with E-state index in [9.17, 15) is 9.90 Å². The summed E-state index contributed by atoms with van der Waals surface area (Å²) < 4.78 is 0. The Kier molecular flexibility index (Phi) is 4.97. The number of hydrogen-bond acceptors (Lipinski definition) is 2. The summed E-state index contributed by atoms with van der Waals surface area (Å²) in [4.78, 5) is 11.4. The number of carboxylic acids is 1. The van der Waals surface area contributed by atoms with Gasteiger partial charge in [0.15, 0.2) is 0 Å². The molecule has 2 N–H and O–H groups in total. The highest BCUT2D eigenvalue weighted by Gasteiger charge is 2.24. The molecule has 2 rings (SSSR count). The summed E-state index contributed by atoms with van der Waals surface area (Å²) in [7, 11) is 0. The van der Waals surface area contributed by atoms with E-state index in [4.69, 9.17) is 0 Å². The highest BCUT2D eigenvalue weighted by molar-refractivity contribution is 5.76. The van der Waals surface area contributed by atoms with Crippen LogP contribution in [0.15, 0.2) is 30.3 Å². The van der Waals surface area contributed by atoms with Crippen LogP contribution < -0.4 is 5.32 Å². The molecule has 1 saturated carbocycles. The second-order valence-electron chi connectivity index (χ2n) is 5.63. The Labute approximate surface area is 115 Å². The molecule has 0 heterocycles. The fourth-order valence-corrected chi connectivity index (χ4v) is 2.97. The van der Waals surface area contributed by atoms with Crippen molar-refractivity contribution in [2.24, 2.45) is 11.8 Å². The molecule has 3 heteroatoms. The molecule has 0 aromatic heterocycles. The van der Waals surface area contributed by atoms with Gasteiger partial charge in [-0.25, -0.2) is 0 Å². The maximum absolute atomic E-state index is 11.4. The Morgan fingerprint density at radius 3 is 2.68 bits per heavy atom. The van der Waals surface area contributed by atoms with Crippen molar-refractivity contribution in [2.75, 3.05) is 13.1 Å². The van der Waals surface area contributed by atoms with Crippen molar-refractivity contribution in [3.05, 3.63) is 35.9 Å². The lowest BCUT2D eigenvalue weighted by atomic mass is 9.96. The lowest BCUT2D eigenvalue weighted by Crippen LogP contribution is -2.31. The molecule has 0 aliphatic heterocycles. The van der Waals surface area contributed by atoms with Crippen LogP contribution in [0.2, 0.25) is 0 Å². The van der Waals surface area contributed by atoms with Gasteiger partial charge in [-0.05, 0) is 30.4 Å². The smallest absolute Gasteiger partial charge is 0.312 e. The van der Waals surface area contributed by atoms with Gasteiger partial charge >= 0.3 is 5.97 Å². The van der Waals surface area contributed by atoms with E-state index in [0.717, 1.165) is 18.0 Å². The third kappa shape index (κ3) is 3.80. The van der Waals surface area contributed by atoms with Crippen molar-refractivity contribution in [3.8, 4) is 0 Å². The number of hydrogen-bond donors (Lipinski definition) is 2. The Morgan fingerprint density at radius 1 is 1.37 bits per heavy atom. The predicted octanol–water partition coefficient (Wildman–Crippen LogP) is 2.88. The molecule has 0 spiro atoms. The zero-order chi connectivity index (χ0) is 13.7. The fourth-order valence-electron chi connectivity index (χ4n) is 2.97. The molecular weight excluding hydrogens is 238 g/mol. The second-order valence-corrected chi connectivity index (χ2v) is 5.63. The molecule has 1 aromatic rings. The maximum atomic E-state index is 11.4. The normalized spacial score (nSPS) is 24.3. The van der Waals surface area contributed by atoms with Crippen LogP contribution >= 0.6 is 0 Å². The molecule has 3 nitrogen and oxygen atoms in total. The summed E-state index contributed by atoms with van der Waals surface area (Å²) in [6.45, 7) is 3.76. The maximum Gasteiger partial charge on any atom is 0.312 e. The van der Waals surface area contributed by atoms with Crippen molar-refractivity contribution in [2.45, 2.75) is 32.1 Å². The van der Waals surface area contributed by atoms with E-state index in [1.54, 1.807) is 0 Å².